The van der Waals surface area contributed by atoms with Crippen molar-refractivity contribution in [2.45, 2.75) is 58.6 Å². The van der Waals surface area contributed by atoms with Gasteiger partial charge in [-0.25, -0.2) is 0 Å². The Morgan fingerprint density at radius 2 is 2.08 bits per heavy atom. The minimum Gasteiger partial charge on any atom is -0.462 e. The van der Waals surface area contributed by atoms with Crippen molar-refractivity contribution in [2.75, 3.05) is 0 Å². The second kappa shape index (κ2) is 7.08. The molecule has 2 aromatic heterocycles. The molecule has 134 valence electrons. The van der Waals surface area contributed by atoms with Crippen molar-refractivity contribution in [3.8, 4) is 0 Å². The van der Waals surface area contributed by atoms with Crippen LogP contribution in [0.4, 0.5) is 0 Å². The fourth-order valence-corrected chi connectivity index (χ4v) is 3.55. The zero-order chi connectivity index (χ0) is 18.1. The second-order valence-corrected chi connectivity index (χ2v) is 7.18. The standard InChI is InChI=1S/C19H22ClNO4/c1-11(2)25-19(23)14-6-4-5-7-21-15(14)8-12(3)17(21)18(22)16-9-13(20)10-24-16/h8-11,14H,4-7H2,1-3H3. The predicted molar refractivity (Wildman–Crippen MR) is 94.1 cm³/mol. The van der Waals surface area contributed by atoms with E-state index in [9.17, 15) is 9.59 Å². The Hall–Kier alpha value is -2.01. The molecule has 0 aliphatic carbocycles. The Kier molecular flexibility index (Phi) is 5.04. The Bertz CT molecular complexity index is 802. The normalized spacial score (nSPS) is 17.2. The predicted octanol–water partition coefficient (Wildman–Crippen LogP) is 4.49. The lowest BCUT2D eigenvalue weighted by atomic mass is 9.99. The number of hydrogen-bond donors (Lipinski definition) is 0. The van der Waals surface area contributed by atoms with Gasteiger partial charge in [0.2, 0.25) is 5.78 Å². The molecule has 2 aromatic rings. The van der Waals surface area contributed by atoms with Crippen LogP contribution in [0.3, 0.4) is 0 Å². The zero-order valence-corrected chi connectivity index (χ0v) is 15.4. The van der Waals surface area contributed by atoms with Gasteiger partial charge in [-0.3, -0.25) is 9.59 Å². The Labute approximate surface area is 151 Å². The van der Waals surface area contributed by atoms with Crippen molar-refractivity contribution in [1.82, 2.24) is 4.57 Å². The summed E-state index contributed by atoms with van der Waals surface area (Å²) in [7, 11) is 0. The molecule has 0 N–H and O–H groups in total. The number of esters is 1. The molecule has 0 saturated carbocycles. The molecule has 25 heavy (non-hydrogen) atoms. The molecule has 5 nitrogen and oxygen atoms in total. The largest absolute Gasteiger partial charge is 0.462 e. The first kappa shape index (κ1) is 17.8. The van der Waals surface area contributed by atoms with Crippen LogP contribution >= 0.6 is 11.6 Å². The molecule has 0 bridgehead atoms. The molecule has 0 spiro atoms. The van der Waals surface area contributed by atoms with Crippen molar-refractivity contribution >= 4 is 23.4 Å². The quantitative estimate of drug-likeness (QED) is 0.593. The van der Waals surface area contributed by atoms with Crippen molar-refractivity contribution in [1.29, 1.82) is 0 Å². The second-order valence-electron chi connectivity index (χ2n) is 6.74. The van der Waals surface area contributed by atoms with E-state index in [4.69, 9.17) is 20.8 Å². The highest BCUT2D eigenvalue weighted by atomic mass is 35.5. The van der Waals surface area contributed by atoms with Gasteiger partial charge in [0, 0.05) is 18.3 Å². The summed E-state index contributed by atoms with van der Waals surface area (Å²) in [6.45, 7) is 6.26. The number of carbonyl (C=O) groups is 2. The summed E-state index contributed by atoms with van der Waals surface area (Å²) in [5.41, 5.74) is 2.24. The topological polar surface area (TPSA) is 61.4 Å². The van der Waals surface area contributed by atoms with Crippen LogP contribution in [0.2, 0.25) is 5.02 Å². The van der Waals surface area contributed by atoms with E-state index in [1.807, 2.05) is 31.4 Å². The van der Waals surface area contributed by atoms with Crippen molar-refractivity contribution in [3.05, 3.63) is 46.1 Å². The van der Waals surface area contributed by atoms with Crippen molar-refractivity contribution in [2.24, 2.45) is 0 Å². The number of nitrogens with zero attached hydrogens (tertiary/aromatic N) is 1. The summed E-state index contributed by atoms with van der Waals surface area (Å²) >= 11 is 5.87. The van der Waals surface area contributed by atoms with Gasteiger partial charge in [0.25, 0.3) is 0 Å². The van der Waals surface area contributed by atoms with Crippen LogP contribution in [-0.2, 0) is 16.1 Å². The van der Waals surface area contributed by atoms with Crippen LogP contribution in [0, 0.1) is 6.92 Å². The monoisotopic (exact) mass is 363 g/mol. The number of fused-ring (bicyclic) bond motifs is 1. The molecule has 0 aromatic carbocycles. The minimum absolute atomic E-state index is 0.161. The van der Waals surface area contributed by atoms with Gasteiger partial charge in [0.05, 0.1) is 22.7 Å². The van der Waals surface area contributed by atoms with Gasteiger partial charge >= 0.3 is 5.97 Å². The fraction of sp³-hybridized carbons (Fsp3) is 0.474. The first-order chi connectivity index (χ1) is 11.9. The van der Waals surface area contributed by atoms with Crippen LogP contribution in [0.5, 0.6) is 0 Å². The van der Waals surface area contributed by atoms with Gasteiger partial charge in [0.15, 0.2) is 5.76 Å². The van der Waals surface area contributed by atoms with Crippen LogP contribution in [0.1, 0.15) is 66.5 Å². The smallest absolute Gasteiger partial charge is 0.315 e. The van der Waals surface area contributed by atoms with Gasteiger partial charge < -0.3 is 13.7 Å². The molecular weight excluding hydrogens is 342 g/mol. The number of furan rings is 1. The summed E-state index contributed by atoms with van der Waals surface area (Å²) < 4.78 is 12.6. The summed E-state index contributed by atoms with van der Waals surface area (Å²) in [5, 5.41) is 0.391. The summed E-state index contributed by atoms with van der Waals surface area (Å²) in [4.78, 5) is 25.4. The van der Waals surface area contributed by atoms with E-state index in [0.29, 0.717) is 17.3 Å². The number of aromatic nitrogens is 1. The molecule has 3 heterocycles. The number of carbonyl (C=O) groups excluding carboxylic acids is 2. The molecule has 1 atom stereocenters. The highest BCUT2D eigenvalue weighted by Gasteiger charge is 2.32. The van der Waals surface area contributed by atoms with E-state index in [-0.39, 0.29) is 29.5 Å². The van der Waals surface area contributed by atoms with E-state index in [0.717, 1.165) is 30.5 Å². The van der Waals surface area contributed by atoms with E-state index in [1.54, 1.807) is 0 Å². The molecule has 6 heteroatoms. The van der Waals surface area contributed by atoms with E-state index in [1.165, 1.54) is 12.3 Å². The third-order valence-corrected chi connectivity index (χ3v) is 4.64. The average molecular weight is 364 g/mol. The van der Waals surface area contributed by atoms with Gasteiger partial charge in [-0.15, -0.1) is 0 Å². The summed E-state index contributed by atoms with van der Waals surface area (Å²) in [6.07, 6.45) is 3.74. The van der Waals surface area contributed by atoms with Crippen LogP contribution in [-0.4, -0.2) is 22.4 Å². The lowest BCUT2D eigenvalue weighted by molar-refractivity contribution is -0.149. The van der Waals surface area contributed by atoms with Crippen molar-refractivity contribution < 1.29 is 18.7 Å². The zero-order valence-electron chi connectivity index (χ0n) is 14.7. The average Bonchev–Trinajstić information content (AvgIpc) is 3.03. The van der Waals surface area contributed by atoms with Gasteiger partial charge in [0.1, 0.15) is 6.26 Å². The molecule has 1 aliphatic heterocycles. The molecule has 0 amide bonds. The van der Waals surface area contributed by atoms with E-state index < -0.39 is 0 Å². The van der Waals surface area contributed by atoms with Gasteiger partial charge in [-0.05, 0) is 45.2 Å². The number of rotatable bonds is 4. The summed E-state index contributed by atoms with van der Waals surface area (Å²) in [5.74, 6) is -0.575. The van der Waals surface area contributed by atoms with E-state index >= 15 is 0 Å². The fourth-order valence-electron chi connectivity index (χ4n) is 3.41. The molecule has 3 rings (SSSR count). The number of ether oxygens (including phenoxy) is 1. The molecular formula is C19H22ClNO4. The highest BCUT2D eigenvalue weighted by Crippen LogP contribution is 2.33. The van der Waals surface area contributed by atoms with Crippen LogP contribution < -0.4 is 0 Å². The molecule has 0 fully saturated rings. The maximum absolute atomic E-state index is 12.9. The maximum atomic E-state index is 12.9. The highest BCUT2D eigenvalue weighted by molar-refractivity contribution is 6.31. The van der Waals surface area contributed by atoms with Crippen molar-refractivity contribution in [3.63, 3.8) is 0 Å². The van der Waals surface area contributed by atoms with Crippen LogP contribution in [0.25, 0.3) is 0 Å². The van der Waals surface area contributed by atoms with E-state index in [2.05, 4.69) is 0 Å². The SMILES string of the molecule is Cc1cc2n(c1C(=O)c1cc(Cl)co1)CCCCC2C(=O)OC(C)C. The first-order valence-corrected chi connectivity index (χ1v) is 8.95. The van der Waals surface area contributed by atoms with Crippen LogP contribution in [0.15, 0.2) is 22.8 Å². The number of halogens is 1. The van der Waals surface area contributed by atoms with Gasteiger partial charge in [-0.1, -0.05) is 18.0 Å². The Morgan fingerprint density at radius 1 is 1.32 bits per heavy atom. The Morgan fingerprint density at radius 3 is 2.72 bits per heavy atom. The third-order valence-electron chi connectivity index (χ3n) is 4.44. The first-order valence-electron chi connectivity index (χ1n) is 8.57. The van der Waals surface area contributed by atoms with Gasteiger partial charge in [-0.2, -0.15) is 0 Å². The summed E-state index contributed by atoms with van der Waals surface area (Å²) in [6, 6.07) is 3.44. The lowest BCUT2D eigenvalue weighted by Gasteiger charge is -2.17. The number of hydrogen-bond acceptors (Lipinski definition) is 4. The number of aryl methyl sites for hydroxylation is 1. The third kappa shape index (κ3) is 3.52. The molecule has 1 aliphatic rings. The lowest BCUT2D eigenvalue weighted by Crippen LogP contribution is -2.21. The Balaban J connectivity index is 2.02. The molecule has 0 radical (unpaired) electrons. The molecule has 0 saturated heterocycles. The number of ketones is 1. The minimum atomic E-state index is -0.342. The molecule has 1 unspecified atom stereocenters. The maximum Gasteiger partial charge on any atom is 0.315 e.